The predicted octanol–water partition coefficient (Wildman–Crippen LogP) is 2.38. The third kappa shape index (κ3) is 4.72. The lowest BCUT2D eigenvalue weighted by Crippen LogP contribution is -2.32. The zero-order valence-corrected chi connectivity index (χ0v) is 14.5. The molecule has 7 nitrogen and oxygen atoms in total. The van der Waals surface area contributed by atoms with E-state index < -0.39 is 6.09 Å². The zero-order chi connectivity index (χ0) is 18.4. The molecule has 4 N–H and O–H groups in total. The second-order valence-electron chi connectivity index (χ2n) is 6.30. The number of carbonyl (C=O) groups excluding carboxylic acids is 1. The number of aromatic nitrogens is 1. The average molecular weight is 353 g/mol. The lowest BCUT2D eigenvalue weighted by atomic mass is 9.90. The number of anilines is 1. The number of guanidine groups is 1. The Kier molecular flexibility index (Phi) is 5.68. The van der Waals surface area contributed by atoms with Crippen molar-refractivity contribution in [3.05, 3.63) is 59.9 Å². The van der Waals surface area contributed by atoms with E-state index in [1.165, 1.54) is 5.56 Å². The number of benzene rings is 1. The minimum absolute atomic E-state index is 0.136. The monoisotopic (exact) mass is 353 g/mol. The van der Waals surface area contributed by atoms with E-state index in [9.17, 15) is 4.79 Å². The highest BCUT2D eigenvalue weighted by atomic mass is 16.5. The number of pyridine rings is 1. The summed E-state index contributed by atoms with van der Waals surface area (Å²) in [6, 6.07) is 12.2. The minimum Gasteiger partial charge on any atom is -0.443 e. The Bertz CT molecular complexity index is 767. The maximum Gasteiger partial charge on any atom is 0.437 e. The fourth-order valence-electron chi connectivity index (χ4n) is 3.23. The lowest BCUT2D eigenvalue weighted by molar-refractivity contribution is 0.151. The van der Waals surface area contributed by atoms with Crippen LogP contribution in [0.5, 0.6) is 0 Å². The van der Waals surface area contributed by atoms with E-state index >= 15 is 0 Å². The number of ether oxygens (including phenoxy) is 1. The van der Waals surface area contributed by atoms with Crippen molar-refractivity contribution in [3.8, 4) is 0 Å². The normalized spacial score (nSPS) is 14.7. The Hall–Kier alpha value is -3.09. The van der Waals surface area contributed by atoms with E-state index in [1.54, 1.807) is 0 Å². The number of aliphatic imine (C=N–C) groups is 1. The molecule has 1 saturated heterocycles. The fourth-order valence-corrected chi connectivity index (χ4v) is 3.23. The molecule has 0 bridgehead atoms. The van der Waals surface area contributed by atoms with Gasteiger partial charge in [0.05, 0.1) is 0 Å². The largest absolute Gasteiger partial charge is 0.443 e. The summed E-state index contributed by atoms with van der Waals surface area (Å²) >= 11 is 0. The Morgan fingerprint density at radius 2 is 1.92 bits per heavy atom. The van der Waals surface area contributed by atoms with Gasteiger partial charge in [0, 0.05) is 31.2 Å². The van der Waals surface area contributed by atoms with Gasteiger partial charge in [-0.3, -0.25) is 4.98 Å². The van der Waals surface area contributed by atoms with Crippen molar-refractivity contribution in [2.45, 2.75) is 25.4 Å². The van der Waals surface area contributed by atoms with Gasteiger partial charge in [-0.05, 0) is 54.2 Å². The number of hydrogen-bond acceptors (Lipinski definition) is 4. The molecule has 1 aliphatic rings. The maximum atomic E-state index is 11.4. The van der Waals surface area contributed by atoms with Crippen molar-refractivity contribution in [2.24, 2.45) is 16.5 Å². The molecule has 1 fully saturated rings. The summed E-state index contributed by atoms with van der Waals surface area (Å²) in [6.07, 6.45) is 5.14. The van der Waals surface area contributed by atoms with Crippen LogP contribution in [0, 0.1) is 0 Å². The van der Waals surface area contributed by atoms with Crippen molar-refractivity contribution in [1.29, 1.82) is 0 Å². The molecule has 0 unspecified atom stereocenters. The van der Waals surface area contributed by atoms with Crippen LogP contribution in [0.2, 0.25) is 0 Å². The summed E-state index contributed by atoms with van der Waals surface area (Å²) < 4.78 is 5.05. The Labute approximate surface area is 152 Å². The van der Waals surface area contributed by atoms with E-state index in [1.807, 2.05) is 30.6 Å². The minimum atomic E-state index is -0.784. The number of nitrogens with zero attached hydrogens (tertiary/aromatic N) is 3. The van der Waals surface area contributed by atoms with Gasteiger partial charge >= 0.3 is 6.09 Å². The summed E-state index contributed by atoms with van der Waals surface area (Å²) in [5.41, 5.74) is 13.7. The number of nitrogens with two attached hydrogens (primary N) is 2. The average Bonchev–Trinajstić information content (AvgIpc) is 2.67. The van der Waals surface area contributed by atoms with E-state index in [0.717, 1.165) is 37.2 Å². The van der Waals surface area contributed by atoms with Gasteiger partial charge in [-0.25, -0.2) is 4.79 Å². The quantitative estimate of drug-likeness (QED) is 0.645. The molecule has 1 amide bonds. The van der Waals surface area contributed by atoms with E-state index in [-0.39, 0.29) is 12.6 Å². The molecule has 0 saturated carbocycles. The molecule has 0 aliphatic carbocycles. The Balaban J connectivity index is 1.57. The third-order valence-corrected chi connectivity index (χ3v) is 4.53. The summed E-state index contributed by atoms with van der Waals surface area (Å²) in [4.78, 5) is 21.2. The van der Waals surface area contributed by atoms with E-state index in [4.69, 9.17) is 16.2 Å². The summed E-state index contributed by atoms with van der Waals surface area (Å²) in [5, 5.41) is 0. The third-order valence-electron chi connectivity index (χ3n) is 4.53. The standard InChI is InChI=1S/C19H23N5O2/c20-18(21)23-19(25)26-13-14-2-1-3-17(12-14)24-10-6-16(7-11-24)15-4-8-22-9-5-15/h1-5,8-9,12,16H,6-7,10-11,13H2,(H4,20,21,23,25). The molecule has 136 valence electrons. The van der Waals surface area contributed by atoms with Crippen LogP contribution in [0.4, 0.5) is 10.5 Å². The molecule has 1 aromatic carbocycles. The number of hydrogen-bond donors (Lipinski definition) is 2. The Morgan fingerprint density at radius 1 is 1.19 bits per heavy atom. The molecule has 0 spiro atoms. The van der Waals surface area contributed by atoms with Gasteiger partial charge in [0.1, 0.15) is 6.61 Å². The molecule has 0 radical (unpaired) electrons. The van der Waals surface area contributed by atoms with Gasteiger partial charge < -0.3 is 21.1 Å². The van der Waals surface area contributed by atoms with Gasteiger partial charge in [0.15, 0.2) is 5.96 Å². The first kappa shape index (κ1) is 17.7. The van der Waals surface area contributed by atoms with Crippen LogP contribution in [-0.2, 0) is 11.3 Å². The summed E-state index contributed by atoms with van der Waals surface area (Å²) in [6.45, 7) is 2.12. The second-order valence-corrected chi connectivity index (χ2v) is 6.30. The van der Waals surface area contributed by atoms with Crippen LogP contribution in [0.25, 0.3) is 0 Å². The number of amides is 1. The molecule has 1 aliphatic heterocycles. The molecule has 0 atom stereocenters. The fraction of sp³-hybridized carbons (Fsp3) is 0.316. The van der Waals surface area contributed by atoms with E-state index in [2.05, 4.69) is 33.1 Å². The highest BCUT2D eigenvalue weighted by molar-refractivity contribution is 5.87. The molecule has 26 heavy (non-hydrogen) atoms. The second kappa shape index (κ2) is 8.33. The molecule has 2 heterocycles. The molecular weight excluding hydrogens is 330 g/mol. The maximum absolute atomic E-state index is 11.4. The van der Waals surface area contributed by atoms with Crippen LogP contribution >= 0.6 is 0 Å². The van der Waals surface area contributed by atoms with Crippen molar-refractivity contribution >= 4 is 17.7 Å². The highest BCUT2D eigenvalue weighted by Gasteiger charge is 2.20. The van der Waals surface area contributed by atoms with Gasteiger partial charge in [-0.1, -0.05) is 12.1 Å². The van der Waals surface area contributed by atoms with Crippen molar-refractivity contribution in [3.63, 3.8) is 0 Å². The number of piperidine rings is 1. The number of rotatable bonds is 4. The van der Waals surface area contributed by atoms with Crippen molar-refractivity contribution in [1.82, 2.24) is 4.98 Å². The molecule has 7 heteroatoms. The SMILES string of the molecule is NC(N)=NC(=O)OCc1cccc(N2CCC(c3ccncc3)CC2)c1. The first-order valence-corrected chi connectivity index (χ1v) is 8.62. The molecule has 3 rings (SSSR count). The zero-order valence-electron chi connectivity index (χ0n) is 14.5. The summed E-state index contributed by atoms with van der Waals surface area (Å²) in [7, 11) is 0. The van der Waals surface area contributed by atoms with Crippen LogP contribution in [-0.4, -0.2) is 30.1 Å². The first-order valence-electron chi connectivity index (χ1n) is 8.62. The van der Waals surface area contributed by atoms with Gasteiger partial charge in [0.25, 0.3) is 0 Å². The highest BCUT2D eigenvalue weighted by Crippen LogP contribution is 2.30. The van der Waals surface area contributed by atoms with Gasteiger partial charge in [-0.15, -0.1) is 4.99 Å². The first-order chi connectivity index (χ1) is 12.6. The topological polar surface area (TPSA) is 107 Å². The van der Waals surface area contributed by atoms with E-state index in [0.29, 0.717) is 5.92 Å². The van der Waals surface area contributed by atoms with Gasteiger partial charge in [0.2, 0.25) is 0 Å². The van der Waals surface area contributed by atoms with Crippen molar-refractivity contribution in [2.75, 3.05) is 18.0 Å². The predicted molar refractivity (Wildman–Crippen MR) is 101 cm³/mol. The van der Waals surface area contributed by atoms with Crippen LogP contribution in [0.3, 0.4) is 0 Å². The smallest absolute Gasteiger partial charge is 0.437 e. The van der Waals surface area contributed by atoms with Crippen LogP contribution in [0.1, 0.15) is 29.9 Å². The summed E-state index contributed by atoms with van der Waals surface area (Å²) in [5.74, 6) is 0.277. The van der Waals surface area contributed by atoms with Gasteiger partial charge in [-0.2, -0.15) is 0 Å². The molecule has 2 aromatic rings. The van der Waals surface area contributed by atoms with Crippen LogP contribution < -0.4 is 16.4 Å². The lowest BCUT2D eigenvalue weighted by Gasteiger charge is -2.34. The number of carbonyl (C=O) groups is 1. The van der Waals surface area contributed by atoms with Crippen LogP contribution in [0.15, 0.2) is 53.8 Å². The Morgan fingerprint density at radius 3 is 2.62 bits per heavy atom. The molecular formula is C19H23N5O2. The molecule has 1 aromatic heterocycles. The van der Waals surface area contributed by atoms with Crippen molar-refractivity contribution < 1.29 is 9.53 Å².